The number of nitrogens with zero attached hydrogens (tertiary/aromatic N) is 2. The fourth-order valence-electron chi connectivity index (χ4n) is 1.97. The Bertz CT molecular complexity index is 209. The van der Waals surface area contributed by atoms with E-state index in [9.17, 15) is 9.90 Å². The Labute approximate surface area is 91.9 Å². The highest BCUT2D eigenvalue weighted by atomic mass is 16.3. The van der Waals surface area contributed by atoms with Crippen LogP contribution in [-0.2, 0) is 0 Å². The number of amides is 2. The number of urea groups is 1. The van der Waals surface area contributed by atoms with E-state index in [1.54, 1.807) is 4.90 Å². The summed E-state index contributed by atoms with van der Waals surface area (Å²) in [5.41, 5.74) is 0. The second-order valence-corrected chi connectivity index (χ2v) is 4.18. The third kappa shape index (κ3) is 3.09. The van der Waals surface area contributed by atoms with Gasteiger partial charge < -0.3 is 14.9 Å². The van der Waals surface area contributed by atoms with E-state index in [0.717, 1.165) is 32.2 Å². The molecule has 0 aromatic carbocycles. The normalized spacial score (nSPS) is 22.3. The Morgan fingerprint density at radius 3 is 2.80 bits per heavy atom. The molecule has 88 valence electrons. The van der Waals surface area contributed by atoms with E-state index in [-0.39, 0.29) is 18.7 Å². The summed E-state index contributed by atoms with van der Waals surface area (Å²) in [5, 5.41) is 9.28. The summed E-state index contributed by atoms with van der Waals surface area (Å²) < 4.78 is 0. The molecule has 0 aromatic heterocycles. The third-order valence-corrected chi connectivity index (χ3v) is 3.13. The lowest BCUT2D eigenvalue weighted by molar-refractivity contribution is 0.113. The van der Waals surface area contributed by atoms with Crippen molar-refractivity contribution < 1.29 is 9.90 Å². The van der Waals surface area contributed by atoms with Gasteiger partial charge in [-0.25, -0.2) is 4.79 Å². The highest BCUT2D eigenvalue weighted by Gasteiger charge is 2.26. The zero-order chi connectivity index (χ0) is 11.3. The van der Waals surface area contributed by atoms with Gasteiger partial charge in [0.15, 0.2) is 0 Å². The number of hydrogen-bond donors (Lipinski definition) is 1. The molecular formula is C11H22N2O2. The van der Waals surface area contributed by atoms with Crippen molar-refractivity contribution in [3.05, 3.63) is 0 Å². The van der Waals surface area contributed by atoms with E-state index < -0.39 is 0 Å². The van der Waals surface area contributed by atoms with Crippen LogP contribution in [0, 0.1) is 0 Å². The molecule has 0 saturated carbocycles. The van der Waals surface area contributed by atoms with Crippen LogP contribution >= 0.6 is 0 Å². The van der Waals surface area contributed by atoms with Crippen molar-refractivity contribution in [1.82, 2.24) is 9.80 Å². The average molecular weight is 214 g/mol. The number of aliphatic hydroxyl groups is 1. The molecule has 0 aromatic rings. The quantitative estimate of drug-likeness (QED) is 0.753. The van der Waals surface area contributed by atoms with Gasteiger partial charge in [-0.2, -0.15) is 0 Å². The summed E-state index contributed by atoms with van der Waals surface area (Å²) in [6, 6.07) is 0.0763. The molecule has 4 nitrogen and oxygen atoms in total. The smallest absolute Gasteiger partial charge is 0.320 e. The van der Waals surface area contributed by atoms with Gasteiger partial charge in [-0.05, 0) is 19.8 Å². The van der Waals surface area contributed by atoms with Gasteiger partial charge in [-0.1, -0.05) is 12.8 Å². The van der Waals surface area contributed by atoms with Crippen molar-refractivity contribution in [2.75, 3.05) is 26.7 Å². The van der Waals surface area contributed by atoms with E-state index in [1.807, 2.05) is 18.9 Å². The lowest BCUT2D eigenvalue weighted by atomic mass is 10.1. The number of carbonyl (C=O) groups is 1. The van der Waals surface area contributed by atoms with Gasteiger partial charge in [-0.15, -0.1) is 0 Å². The molecule has 1 aliphatic rings. The molecule has 1 saturated heterocycles. The summed E-state index contributed by atoms with van der Waals surface area (Å²) in [7, 11) is 1.81. The van der Waals surface area contributed by atoms with E-state index in [4.69, 9.17) is 0 Å². The molecule has 1 unspecified atom stereocenters. The first kappa shape index (κ1) is 12.3. The number of carbonyl (C=O) groups excluding carboxylic acids is 1. The fourth-order valence-corrected chi connectivity index (χ4v) is 1.97. The first-order valence-electron chi connectivity index (χ1n) is 5.83. The fraction of sp³-hybridized carbons (Fsp3) is 0.909. The molecular weight excluding hydrogens is 192 g/mol. The molecule has 1 aliphatic heterocycles. The Kier molecular flexibility index (Phi) is 4.88. The van der Waals surface area contributed by atoms with Crippen molar-refractivity contribution in [2.45, 2.75) is 38.6 Å². The molecule has 1 atom stereocenters. The molecule has 1 fully saturated rings. The molecule has 0 spiro atoms. The average Bonchev–Trinajstić information content (AvgIpc) is 2.51. The molecule has 1 N–H and O–H groups in total. The molecule has 1 rings (SSSR count). The molecule has 4 heteroatoms. The van der Waals surface area contributed by atoms with E-state index >= 15 is 0 Å². The van der Waals surface area contributed by atoms with Crippen molar-refractivity contribution in [3.63, 3.8) is 0 Å². The van der Waals surface area contributed by atoms with Gasteiger partial charge >= 0.3 is 6.03 Å². The van der Waals surface area contributed by atoms with E-state index in [0.29, 0.717) is 6.54 Å². The highest BCUT2D eigenvalue weighted by Crippen LogP contribution is 2.17. The van der Waals surface area contributed by atoms with E-state index in [1.165, 1.54) is 0 Å². The number of hydrogen-bond acceptors (Lipinski definition) is 2. The summed E-state index contributed by atoms with van der Waals surface area (Å²) in [5.74, 6) is 0. The van der Waals surface area contributed by atoms with Crippen molar-refractivity contribution in [2.24, 2.45) is 0 Å². The zero-order valence-corrected chi connectivity index (χ0v) is 9.78. The molecule has 0 radical (unpaired) electrons. The predicted molar refractivity (Wildman–Crippen MR) is 59.7 cm³/mol. The van der Waals surface area contributed by atoms with Gasteiger partial charge in [-0.3, -0.25) is 0 Å². The van der Waals surface area contributed by atoms with Crippen LogP contribution in [0.3, 0.4) is 0 Å². The zero-order valence-electron chi connectivity index (χ0n) is 9.78. The molecule has 0 bridgehead atoms. The largest absolute Gasteiger partial charge is 0.394 e. The molecule has 15 heavy (non-hydrogen) atoms. The lowest BCUT2D eigenvalue weighted by Crippen LogP contribution is -2.48. The van der Waals surface area contributed by atoms with Crippen LogP contribution < -0.4 is 0 Å². The SMILES string of the molecule is CCN(C)C(=O)N1CCCCCC1CO. The topological polar surface area (TPSA) is 43.8 Å². The van der Waals surface area contributed by atoms with Crippen LogP contribution in [0.5, 0.6) is 0 Å². The maximum absolute atomic E-state index is 12.0. The van der Waals surface area contributed by atoms with Crippen LogP contribution in [-0.4, -0.2) is 53.7 Å². The maximum atomic E-state index is 12.0. The van der Waals surface area contributed by atoms with Gasteiger partial charge in [0.25, 0.3) is 0 Å². The van der Waals surface area contributed by atoms with Crippen molar-refractivity contribution in [3.8, 4) is 0 Å². The van der Waals surface area contributed by atoms with E-state index in [2.05, 4.69) is 0 Å². The van der Waals surface area contributed by atoms with Crippen molar-refractivity contribution >= 4 is 6.03 Å². The minimum atomic E-state index is 0.0222. The molecule has 1 heterocycles. The van der Waals surface area contributed by atoms with Crippen LogP contribution in [0.25, 0.3) is 0 Å². The Hall–Kier alpha value is -0.770. The number of rotatable bonds is 2. The molecule has 0 aliphatic carbocycles. The minimum absolute atomic E-state index is 0.0222. The Morgan fingerprint density at radius 2 is 2.20 bits per heavy atom. The van der Waals surface area contributed by atoms with Gasteiger partial charge in [0, 0.05) is 20.1 Å². The first-order valence-corrected chi connectivity index (χ1v) is 5.83. The second kappa shape index (κ2) is 5.95. The lowest BCUT2D eigenvalue weighted by Gasteiger charge is -2.32. The summed E-state index contributed by atoms with van der Waals surface area (Å²) >= 11 is 0. The predicted octanol–water partition coefficient (Wildman–Crippen LogP) is 1.29. The van der Waals surface area contributed by atoms with Gasteiger partial charge in [0.1, 0.15) is 0 Å². The standard InChI is InChI=1S/C11H22N2O2/c1-3-12(2)11(15)13-8-6-4-5-7-10(13)9-14/h10,14H,3-9H2,1-2H3. The van der Waals surface area contributed by atoms with Crippen LogP contribution in [0.2, 0.25) is 0 Å². The summed E-state index contributed by atoms with van der Waals surface area (Å²) in [6.45, 7) is 3.55. The van der Waals surface area contributed by atoms with Gasteiger partial charge in [0.05, 0.1) is 12.6 Å². The number of likely N-dealkylation sites (tertiary alicyclic amines) is 1. The Balaban J connectivity index is 2.65. The summed E-state index contributed by atoms with van der Waals surface area (Å²) in [4.78, 5) is 15.5. The van der Waals surface area contributed by atoms with Crippen molar-refractivity contribution in [1.29, 1.82) is 0 Å². The third-order valence-electron chi connectivity index (χ3n) is 3.13. The first-order chi connectivity index (χ1) is 7.20. The summed E-state index contributed by atoms with van der Waals surface area (Å²) in [6.07, 6.45) is 4.26. The van der Waals surface area contributed by atoms with Crippen LogP contribution in [0.4, 0.5) is 4.79 Å². The van der Waals surface area contributed by atoms with Crippen LogP contribution in [0.1, 0.15) is 32.6 Å². The Morgan fingerprint density at radius 1 is 1.47 bits per heavy atom. The maximum Gasteiger partial charge on any atom is 0.320 e. The molecule has 2 amide bonds. The number of aliphatic hydroxyl groups excluding tert-OH is 1. The second-order valence-electron chi connectivity index (χ2n) is 4.18. The van der Waals surface area contributed by atoms with Crippen LogP contribution in [0.15, 0.2) is 0 Å². The monoisotopic (exact) mass is 214 g/mol. The minimum Gasteiger partial charge on any atom is -0.394 e. The highest BCUT2D eigenvalue weighted by molar-refractivity contribution is 5.74. The van der Waals surface area contributed by atoms with Gasteiger partial charge in [0.2, 0.25) is 0 Å².